The molecule has 28 heavy (non-hydrogen) atoms. The normalized spacial score (nSPS) is 14.0. The molecule has 0 aliphatic carbocycles. The first kappa shape index (κ1) is 19.6. The molecule has 3 aromatic rings. The van der Waals surface area contributed by atoms with E-state index in [4.69, 9.17) is 10.5 Å². The zero-order chi connectivity index (χ0) is 20.0. The van der Waals surface area contributed by atoms with Crippen molar-refractivity contribution in [3.05, 3.63) is 102 Å². The van der Waals surface area contributed by atoms with Crippen LogP contribution >= 0.6 is 0 Å². The summed E-state index contributed by atoms with van der Waals surface area (Å²) in [5.41, 5.74) is 8.16. The van der Waals surface area contributed by atoms with E-state index in [0.29, 0.717) is 0 Å². The molecule has 0 aliphatic rings. The summed E-state index contributed by atoms with van der Waals surface area (Å²) < 4.78 is 5.32. The lowest BCUT2D eigenvalue weighted by Gasteiger charge is -2.40. The monoisotopic (exact) mass is 374 g/mol. The highest BCUT2D eigenvalue weighted by Gasteiger charge is 2.39. The van der Waals surface area contributed by atoms with Gasteiger partial charge in [0.1, 0.15) is 5.75 Å². The van der Waals surface area contributed by atoms with Crippen molar-refractivity contribution in [2.24, 2.45) is 5.73 Å². The summed E-state index contributed by atoms with van der Waals surface area (Å²) in [5, 5.41) is 3.19. The van der Waals surface area contributed by atoms with Crippen LogP contribution in [0.4, 0.5) is 0 Å². The molecule has 2 atom stereocenters. The lowest BCUT2D eigenvalue weighted by atomic mass is 9.72. The Morgan fingerprint density at radius 3 is 2.00 bits per heavy atom. The molecule has 4 nitrogen and oxygen atoms in total. The summed E-state index contributed by atoms with van der Waals surface area (Å²) in [4.78, 5) is 12.4. The van der Waals surface area contributed by atoms with Crippen molar-refractivity contribution in [2.45, 2.75) is 18.4 Å². The third-order valence-corrected chi connectivity index (χ3v) is 5.12. The Balaban J connectivity index is 2.20. The molecule has 3 aromatic carbocycles. The molecule has 0 fully saturated rings. The summed E-state index contributed by atoms with van der Waals surface area (Å²) in [5.74, 6) is 0.487. The first-order valence-electron chi connectivity index (χ1n) is 9.34. The molecule has 3 N–H and O–H groups in total. The number of nitrogens with one attached hydrogen (secondary N) is 1. The van der Waals surface area contributed by atoms with E-state index in [1.807, 2.05) is 72.8 Å². The second kappa shape index (κ2) is 8.72. The van der Waals surface area contributed by atoms with Crippen molar-refractivity contribution in [3.63, 3.8) is 0 Å². The average Bonchev–Trinajstić information content (AvgIpc) is 2.75. The maximum Gasteiger partial charge on any atom is 0.234 e. The Kier molecular flexibility index (Phi) is 6.12. The van der Waals surface area contributed by atoms with Crippen LogP contribution < -0.4 is 15.8 Å². The van der Waals surface area contributed by atoms with Gasteiger partial charge in [0, 0.05) is 5.92 Å². The number of rotatable bonds is 7. The van der Waals surface area contributed by atoms with Gasteiger partial charge in [0.05, 0.1) is 19.2 Å². The van der Waals surface area contributed by atoms with Gasteiger partial charge in [0.2, 0.25) is 5.91 Å². The quantitative estimate of drug-likeness (QED) is 0.661. The van der Waals surface area contributed by atoms with Gasteiger partial charge in [0.15, 0.2) is 0 Å². The van der Waals surface area contributed by atoms with Crippen molar-refractivity contribution in [2.75, 3.05) is 13.7 Å². The van der Waals surface area contributed by atoms with Crippen LogP contribution in [0.5, 0.6) is 5.75 Å². The minimum absolute atomic E-state index is 0.0630. The number of ether oxygens (including phenoxy) is 1. The number of nitrogens with two attached hydrogens (primary N) is 1. The molecule has 4 heteroatoms. The fourth-order valence-corrected chi connectivity index (χ4v) is 3.74. The Hall–Kier alpha value is -3.11. The standard InChI is InChI=1S/C24H26N2O2/c1-24(26-22(27)17-25,20-11-7-4-8-12-20)23(18-9-5-3-6-10-18)19-13-15-21(28-2)16-14-19/h3-16,23H,17,25H2,1-2H3,(H,26,27). The summed E-state index contributed by atoms with van der Waals surface area (Å²) in [6.07, 6.45) is 0. The zero-order valence-corrected chi connectivity index (χ0v) is 16.3. The van der Waals surface area contributed by atoms with Crippen molar-refractivity contribution in [3.8, 4) is 5.75 Å². The molecule has 0 saturated carbocycles. The molecular formula is C24H26N2O2. The Morgan fingerprint density at radius 2 is 1.46 bits per heavy atom. The van der Waals surface area contributed by atoms with E-state index in [9.17, 15) is 4.79 Å². The number of amides is 1. The SMILES string of the molecule is COc1ccc(C(c2ccccc2)C(C)(NC(=O)CN)c2ccccc2)cc1. The molecule has 0 aromatic heterocycles. The average molecular weight is 374 g/mol. The molecule has 0 spiro atoms. The molecular weight excluding hydrogens is 348 g/mol. The van der Waals surface area contributed by atoms with Crippen LogP contribution in [-0.4, -0.2) is 19.6 Å². The topological polar surface area (TPSA) is 64.3 Å². The summed E-state index contributed by atoms with van der Waals surface area (Å²) in [7, 11) is 1.65. The van der Waals surface area contributed by atoms with Crippen molar-refractivity contribution < 1.29 is 9.53 Å². The summed E-state index contributed by atoms with van der Waals surface area (Å²) >= 11 is 0. The predicted octanol–water partition coefficient (Wildman–Crippen LogP) is 3.82. The van der Waals surface area contributed by atoms with E-state index in [1.54, 1.807) is 7.11 Å². The smallest absolute Gasteiger partial charge is 0.234 e. The fourth-order valence-electron chi connectivity index (χ4n) is 3.74. The molecule has 144 valence electrons. The molecule has 1 amide bonds. The van der Waals surface area contributed by atoms with Gasteiger partial charge in [0.25, 0.3) is 0 Å². The van der Waals surface area contributed by atoms with Gasteiger partial charge in [-0.1, -0.05) is 72.8 Å². The molecule has 0 radical (unpaired) electrons. The first-order valence-corrected chi connectivity index (χ1v) is 9.34. The van der Waals surface area contributed by atoms with Crippen LogP contribution in [0.3, 0.4) is 0 Å². The van der Waals surface area contributed by atoms with Gasteiger partial charge in [-0.15, -0.1) is 0 Å². The van der Waals surface area contributed by atoms with Crippen LogP contribution in [0.2, 0.25) is 0 Å². The molecule has 0 bridgehead atoms. The van der Waals surface area contributed by atoms with Gasteiger partial charge in [-0.2, -0.15) is 0 Å². The van der Waals surface area contributed by atoms with Crippen molar-refractivity contribution in [1.29, 1.82) is 0 Å². The second-order valence-corrected chi connectivity index (χ2v) is 6.94. The van der Waals surface area contributed by atoms with E-state index >= 15 is 0 Å². The lowest BCUT2D eigenvalue weighted by Crippen LogP contribution is -2.50. The van der Waals surface area contributed by atoms with Crippen LogP contribution in [-0.2, 0) is 10.3 Å². The van der Waals surface area contributed by atoms with Gasteiger partial charge < -0.3 is 15.8 Å². The highest BCUT2D eigenvalue weighted by Crippen LogP contribution is 2.42. The largest absolute Gasteiger partial charge is 0.497 e. The van der Waals surface area contributed by atoms with Gasteiger partial charge >= 0.3 is 0 Å². The third-order valence-electron chi connectivity index (χ3n) is 5.12. The van der Waals surface area contributed by atoms with E-state index in [0.717, 1.165) is 22.4 Å². The predicted molar refractivity (Wildman–Crippen MR) is 112 cm³/mol. The van der Waals surface area contributed by atoms with E-state index in [1.165, 1.54) is 0 Å². The van der Waals surface area contributed by atoms with Crippen molar-refractivity contribution in [1.82, 2.24) is 5.32 Å². The summed E-state index contributed by atoms with van der Waals surface area (Å²) in [6.45, 7) is 1.99. The van der Waals surface area contributed by atoms with E-state index < -0.39 is 5.54 Å². The Labute approximate surface area is 166 Å². The fraction of sp³-hybridized carbons (Fsp3) is 0.208. The highest BCUT2D eigenvalue weighted by atomic mass is 16.5. The second-order valence-electron chi connectivity index (χ2n) is 6.94. The minimum atomic E-state index is -0.687. The van der Waals surface area contributed by atoms with Crippen LogP contribution in [0.1, 0.15) is 29.5 Å². The number of methoxy groups -OCH3 is 1. The van der Waals surface area contributed by atoms with E-state index in [-0.39, 0.29) is 18.4 Å². The zero-order valence-electron chi connectivity index (χ0n) is 16.3. The van der Waals surface area contributed by atoms with E-state index in [2.05, 4.69) is 24.4 Å². The van der Waals surface area contributed by atoms with Gasteiger partial charge in [-0.3, -0.25) is 4.79 Å². The Bertz CT molecular complexity index is 895. The first-order chi connectivity index (χ1) is 13.6. The Morgan fingerprint density at radius 1 is 0.929 bits per heavy atom. The number of carbonyl (C=O) groups excluding carboxylic acids is 1. The molecule has 3 rings (SSSR count). The van der Waals surface area contributed by atoms with Crippen LogP contribution in [0.25, 0.3) is 0 Å². The third kappa shape index (κ3) is 4.07. The van der Waals surface area contributed by atoms with Crippen LogP contribution in [0.15, 0.2) is 84.9 Å². The van der Waals surface area contributed by atoms with Gasteiger partial charge in [-0.05, 0) is 35.7 Å². The lowest BCUT2D eigenvalue weighted by molar-refractivity contribution is -0.121. The maximum absolute atomic E-state index is 12.4. The molecule has 0 heterocycles. The molecule has 0 saturated heterocycles. The van der Waals surface area contributed by atoms with Crippen LogP contribution in [0, 0.1) is 0 Å². The molecule has 2 unspecified atom stereocenters. The highest BCUT2D eigenvalue weighted by molar-refractivity contribution is 5.79. The maximum atomic E-state index is 12.4. The number of hydrogen-bond donors (Lipinski definition) is 2. The number of carbonyl (C=O) groups is 1. The minimum Gasteiger partial charge on any atom is -0.497 e. The molecule has 0 aliphatic heterocycles. The number of benzene rings is 3. The van der Waals surface area contributed by atoms with Crippen molar-refractivity contribution >= 4 is 5.91 Å². The van der Waals surface area contributed by atoms with Gasteiger partial charge in [-0.25, -0.2) is 0 Å². The summed E-state index contributed by atoms with van der Waals surface area (Å²) in [6, 6.07) is 28.2. The number of hydrogen-bond acceptors (Lipinski definition) is 3.